The summed E-state index contributed by atoms with van der Waals surface area (Å²) in [5.74, 6) is 0.289. The Balaban J connectivity index is 1.70. The van der Waals surface area contributed by atoms with Crippen LogP contribution in [0.3, 0.4) is 0 Å². The summed E-state index contributed by atoms with van der Waals surface area (Å²) in [6.07, 6.45) is 4.69. The average molecular weight is 336 g/mol. The fraction of sp³-hybridized carbons (Fsp3) is 0.300. The van der Waals surface area contributed by atoms with Gasteiger partial charge in [0.2, 0.25) is 0 Å². The Morgan fingerprint density at radius 3 is 2.80 bits per heavy atom. The molecule has 0 saturated carbocycles. The third kappa shape index (κ3) is 4.18. The number of amides is 1. The zero-order chi connectivity index (χ0) is 17.6. The molecule has 0 spiro atoms. The van der Waals surface area contributed by atoms with Crippen LogP contribution in [0.15, 0.2) is 47.5 Å². The van der Waals surface area contributed by atoms with Gasteiger partial charge in [-0.3, -0.25) is 4.79 Å². The van der Waals surface area contributed by atoms with E-state index in [9.17, 15) is 4.79 Å². The Bertz CT molecular complexity index is 798. The molecule has 5 nitrogen and oxygen atoms in total. The van der Waals surface area contributed by atoms with Crippen molar-refractivity contribution in [2.75, 3.05) is 12.4 Å². The molecule has 0 fully saturated rings. The average Bonchev–Trinajstić information content (AvgIpc) is 2.66. The van der Waals surface area contributed by atoms with Gasteiger partial charge in [0.15, 0.2) is 5.96 Å². The summed E-state index contributed by atoms with van der Waals surface area (Å²) in [4.78, 5) is 16.1. The molecule has 1 aliphatic rings. The summed E-state index contributed by atoms with van der Waals surface area (Å²) < 4.78 is 0. The number of nitrogens with zero attached hydrogens (tertiary/aromatic N) is 1. The van der Waals surface area contributed by atoms with E-state index in [4.69, 9.17) is 5.73 Å². The quantitative estimate of drug-likeness (QED) is 0.593. The van der Waals surface area contributed by atoms with Crippen molar-refractivity contribution in [2.45, 2.75) is 32.2 Å². The lowest BCUT2D eigenvalue weighted by molar-refractivity contribution is 0.0963. The molecule has 1 aliphatic carbocycles. The zero-order valence-electron chi connectivity index (χ0n) is 14.5. The molecule has 0 atom stereocenters. The molecule has 5 heteroatoms. The molecular formula is C20H24N4O. The van der Waals surface area contributed by atoms with E-state index in [0.29, 0.717) is 18.1 Å². The molecule has 0 aliphatic heterocycles. The second-order valence-corrected chi connectivity index (χ2v) is 6.26. The molecule has 4 N–H and O–H groups in total. The van der Waals surface area contributed by atoms with E-state index in [1.54, 1.807) is 13.1 Å². The third-order valence-electron chi connectivity index (χ3n) is 4.51. The van der Waals surface area contributed by atoms with Crippen LogP contribution in [0.2, 0.25) is 0 Å². The summed E-state index contributed by atoms with van der Waals surface area (Å²) >= 11 is 0. The molecule has 0 saturated heterocycles. The summed E-state index contributed by atoms with van der Waals surface area (Å²) in [6, 6.07) is 13.7. The maximum Gasteiger partial charge on any atom is 0.251 e. The number of aryl methyl sites for hydroxylation is 1. The van der Waals surface area contributed by atoms with Gasteiger partial charge in [-0.25, -0.2) is 4.99 Å². The van der Waals surface area contributed by atoms with Crippen molar-refractivity contribution < 1.29 is 4.79 Å². The van der Waals surface area contributed by atoms with Crippen LogP contribution in [0.4, 0.5) is 5.69 Å². The fourth-order valence-electron chi connectivity index (χ4n) is 3.21. The Morgan fingerprint density at radius 2 is 1.96 bits per heavy atom. The van der Waals surface area contributed by atoms with Crippen LogP contribution < -0.4 is 16.4 Å². The Kier molecular flexibility index (Phi) is 5.33. The van der Waals surface area contributed by atoms with Crippen molar-refractivity contribution in [2.24, 2.45) is 10.7 Å². The normalized spacial score (nSPS) is 13.9. The van der Waals surface area contributed by atoms with Gasteiger partial charge in [0, 0.05) is 18.3 Å². The number of nitrogens with two attached hydrogens (primary N) is 1. The molecule has 0 unspecified atom stereocenters. The molecule has 0 radical (unpaired) electrons. The van der Waals surface area contributed by atoms with Crippen LogP contribution in [0, 0.1) is 0 Å². The standard InChI is InChI=1S/C20H24N4O/c1-22-19(25)16-9-4-6-14(12-16)13-23-20(21)24-18-11-5-8-15-7-2-3-10-17(15)18/h4-6,8-9,11-12H,2-3,7,10,13H2,1H3,(H,22,25)(H3,21,23,24). The van der Waals surface area contributed by atoms with Crippen LogP contribution in [-0.4, -0.2) is 18.9 Å². The van der Waals surface area contributed by atoms with Crippen LogP contribution in [0.1, 0.15) is 39.9 Å². The number of anilines is 1. The minimum atomic E-state index is -0.104. The Hall–Kier alpha value is -2.82. The Morgan fingerprint density at radius 1 is 1.16 bits per heavy atom. The maximum absolute atomic E-state index is 11.7. The number of carbonyl (C=O) groups is 1. The molecule has 0 bridgehead atoms. The maximum atomic E-state index is 11.7. The van der Waals surface area contributed by atoms with Gasteiger partial charge >= 0.3 is 0 Å². The number of hydrogen-bond donors (Lipinski definition) is 3. The second kappa shape index (κ2) is 7.83. The lowest BCUT2D eigenvalue weighted by Crippen LogP contribution is -2.24. The van der Waals surface area contributed by atoms with Gasteiger partial charge in [0.05, 0.1) is 6.54 Å². The first kappa shape index (κ1) is 17.0. The predicted octanol–water partition coefficient (Wildman–Crippen LogP) is 2.85. The Labute approximate surface area is 148 Å². The van der Waals surface area contributed by atoms with E-state index in [2.05, 4.69) is 33.8 Å². The van der Waals surface area contributed by atoms with Gasteiger partial charge in [0.25, 0.3) is 5.91 Å². The highest BCUT2D eigenvalue weighted by atomic mass is 16.1. The zero-order valence-corrected chi connectivity index (χ0v) is 14.5. The molecule has 0 aromatic heterocycles. The van der Waals surface area contributed by atoms with Gasteiger partial charge in [-0.1, -0.05) is 24.3 Å². The second-order valence-electron chi connectivity index (χ2n) is 6.26. The number of nitrogens with one attached hydrogen (secondary N) is 2. The van der Waals surface area contributed by atoms with Crippen LogP contribution >= 0.6 is 0 Å². The van der Waals surface area contributed by atoms with Crippen molar-refractivity contribution >= 4 is 17.6 Å². The van der Waals surface area contributed by atoms with E-state index in [1.165, 1.54) is 24.0 Å². The monoisotopic (exact) mass is 336 g/mol. The fourth-order valence-corrected chi connectivity index (χ4v) is 3.21. The lowest BCUT2D eigenvalue weighted by atomic mass is 9.90. The van der Waals surface area contributed by atoms with E-state index in [-0.39, 0.29) is 5.91 Å². The van der Waals surface area contributed by atoms with Crippen molar-refractivity contribution in [1.29, 1.82) is 0 Å². The minimum absolute atomic E-state index is 0.104. The first-order chi connectivity index (χ1) is 12.2. The molecule has 2 aromatic rings. The molecule has 2 aromatic carbocycles. The highest BCUT2D eigenvalue weighted by Gasteiger charge is 2.13. The number of benzene rings is 2. The number of aliphatic imine (C=N–C) groups is 1. The molecular weight excluding hydrogens is 312 g/mol. The van der Waals surface area contributed by atoms with Gasteiger partial charge in [-0.05, 0) is 60.6 Å². The van der Waals surface area contributed by atoms with Gasteiger partial charge < -0.3 is 16.4 Å². The van der Waals surface area contributed by atoms with E-state index in [1.807, 2.05) is 18.2 Å². The number of hydrogen-bond acceptors (Lipinski definition) is 2. The molecule has 25 heavy (non-hydrogen) atoms. The van der Waals surface area contributed by atoms with Gasteiger partial charge in [0.1, 0.15) is 0 Å². The smallest absolute Gasteiger partial charge is 0.251 e. The van der Waals surface area contributed by atoms with Crippen molar-refractivity contribution in [3.8, 4) is 0 Å². The lowest BCUT2D eigenvalue weighted by Gasteiger charge is -2.19. The van der Waals surface area contributed by atoms with Crippen LogP contribution in [0.5, 0.6) is 0 Å². The summed E-state index contributed by atoms with van der Waals surface area (Å²) in [5, 5.41) is 5.86. The number of fused-ring (bicyclic) bond motifs is 1. The topological polar surface area (TPSA) is 79.5 Å². The SMILES string of the molecule is CNC(=O)c1cccc(CN=C(N)Nc2cccc3c2CCCC3)c1. The van der Waals surface area contributed by atoms with Gasteiger partial charge in [-0.2, -0.15) is 0 Å². The largest absolute Gasteiger partial charge is 0.370 e. The van der Waals surface area contributed by atoms with Crippen molar-refractivity contribution in [3.05, 3.63) is 64.7 Å². The van der Waals surface area contributed by atoms with E-state index in [0.717, 1.165) is 24.1 Å². The molecule has 0 heterocycles. The number of guanidine groups is 1. The number of rotatable bonds is 4. The van der Waals surface area contributed by atoms with Crippen molar-refractivity contribution in [1.82, 2.24) is 5.32 Å². The summed E-state index contributed by atoms with van der Waals surface area (Å²) in [6.45, 7) is 0.429. The third-order valence-corrected chi connectivity index (χ3v) is 4.51. The van der Waals surface area contributed by atoms with Crippen LogP contribution in [0.25, 0.3) is 0 Å². The van der Waals surface area contributed by atoms with Crippen molar-refractivity contribution in [3.63, 3.8) is 0 Å². The minimum Gasteiger partial charge on any atom is -0.370 e. The number of carbonyl (C=O) groups excluding carboxylic acids is 1. The highest BCUT2D eigenvalue weighted by molar-refractivity contribution is 5.94. The molecule has 3 rings (SSSR count). The summed E-state index contributed by atoms with van der Waals surface area (Å²) in [7, 11) is 1.62. The highest BCUT2D eigenvalue weighted by Crippen LogP contribution is 2.27. The van der Waals surface area contributed by atoms with Gasteiger partial charge in [-0.15, -0.1) is 0 Å². The summed E-state index contributed by atoms with van der Waals surface area (Å²) in [5.41, 5.74) is 11.5. The first-order valence-corrected chi connectivity index (χ1v) is 8.66. The first-order valence-electron chi connectivity index (χ1n) is 8.66. The molecule has 1 amide bonds. The van der Waals surface area contributed by atoms with E-state index >= 15 is 0 Å². The molecule has 130 valence electrons. The van der Waals surface area contributed by atoms with E-state index < -0.39 is 0 Å². The predicted molar refractivity (Wildman–Crippen MR) is 102 cm³/mol. The van der Waals surface area contributed by atoms with Crippen LogP contribution in [-0.2, 0) is 19.4 Å².